The van der Waals surface area contributed by atoms with Crippen molar-refractivity contribution < 1.29 is 0 Å². The summed E-state index contributed by atoms with van der Waals surface area (Å²) in [6, 6.07) is 99.2. The van der Waals surface area contributed by atoms with E-state index < -0.39 is 5.41 Å². The van der Waals surface area contributed by atoms with E-state index in [4.69, 9.17) is 0 Å². The van der Waals surface area contributed by atoms with Gasteiger partial charge in [0.05, 0.1) is 16.8 Å². The predicted octanol–water partition coefficient (Wildman–Crippen LogP) is 19.0. The van der Waals surface area contributed by atoms with Crippen molar-refractivity contribution in [2.45, 2.75) is 36.5 Å². The van der Waals surface area contributed by atoms with Crippen LogP contribution in [-0.4, -0.2) is 0 Å². The smallest absolute Gasteiger partial charge is 0.0714 e. The first-order valence-corrected chi connectivity index (χ1v) is 27.8. The third-order valence-corrected chi connectivity index (χ3v) is 20.2. The standard InChI is InChI=1S/C75H55N/c1-4-20-49(21-5-1)57-32-18-22-50-23-19-33-63(72(50)57)62-31-13-17-37-69(62)76(55-39-41-61-58-29-10-14-34-64(58)74(67(61)46-55,52-24-6-2-7-25-52)53-26-8-3-9-27-53)68-36-16-12-28-56(68)51-38-40-60-59-30-11-15-35-65(59)75(66(60)44-51)70-43-48-42-54-45-71(75)73(54,70)47-48/h1-41,44,46,48,54,70-71H,42-43,45,47H2. The van der Waals surface area contributed by atoms with Crippen LogP contribution in [0.1, 0.15) is 59.1 Å². The molecule has 11 aromatic rings. The van der Waals surface area contributed by atoms with Crippen molar-refractivity contribution in [2.24, 2.45) is 29.1 Å². The summed E-state index contributed by atoms with van der Waals surface area (Å²) >= 11 is 0. The highest BCUT2D eigenvalue weighted by molar-refractivity contribution is 6.09. The van der Waals surface area contributed by atoms with Gasteiger partial charge in [-0.15, -0.1) is 0 Å². The number of hydrogen-bond donors (Lipinski definition) is 0. The van der Waals surface area contributed by atoms with E-state index in [1.807, 2.05) is 0 Å². The van der Waals surface area contributed by atoms with Crippen LogP contribution in [0.25, 0.3) is 66.4 Å². The lowest BCUT2D eigenvalue weighted by Crippen LogP contribution is -2.73. The molecule has 17 rings (SSSR count). The Kier molecular flexibility index (Phi) is 8.88. The Morgan fingerprint density at radius 2 is 0.882 bits per heavy atom. The van der Waals surface area contributed by atoms with Crippen molar-refractivity contribution in [3.63, 3.8) is 0 Å². The molecule has 4 fully saturated rings. The molecule has 0 heterocycles. The number of para-hydroxylation sites is 2. The predicted molar refractivity (Wildman–Crippen MR) is 313 cm³/mol. The van der Waals surface area contributed by atoms with Crippen molar-refractivity contribution in [2.75, 3.05) is 4.90 Å². The van der Waals surface area contributed by atoms with Crippen molar-refractivity contribution in [3.8, 4) is 55.6 Å². The van der Waals surface area contributed by atoms with E-state index in [1.165, 1.54) is 114 Å². The van der Waals surface area contributed by atoms with Crippen LogP contribution in [0.5, 0.6) is 0 Å². The Balaban J connectivity index is 0.923. The largest absolute Gasteiger partial charge is 0.309 e. The first kappa shape index (κ1) is 42.8. The summed E-state index contributed by atoms with van der Waals surface area (Å²) in [6.45, 7) is 0. The van der Waals surface area contributed by atoms with E-state index in [-0.39, 0.29) is 5.41 Å². The zero-order valence-electron chi connectivity index (χ0n) is 42.4. The summed E-state index contributed by atoms with van der Waals surface area (Å²) in [7, 11) is 0. The van der Waals surface area contributed by atoms with E-state index in [0.29, 0.717) is 5.41 Å². The summed E-state index contributed by atoms with van der Waals surface area (Å²) in [5.41, 5.74) is 24.8. The SMILES string of the molecule is c1ccc(-c2cccc3cccc(-c4ccccc4N(c4ccc5c(c4)C(c4ccccc4)(c4ccccc4)c4ccccc4-5)c4ccccc4-c4ccc5c(c4)C4(c6ccccc6-5)C5CC6CC7CC4C75C6)c23)cc1. The molecule has 6 unspecified atom stereocenters. The highest BCUT2D eigenvalue weighted by Gasteiger charge is 2.84. The zero-order valence-corrected chi connectivity index (χ0v) is 42.4. The van der Waals surface area contributed by atoms with Crippen molar-refractivity contribution >= 4 is 27.8 Å². The number of hydrogen-bond acceptors (Lipinski definition) is 1. The minimum absolute atomic E-state index is 0.104. The molecule has 76 heavy (non-hydrogen) atoms. The van der Waals surface area contributed by atoms with Gasteiger partial charge < -0.3 is 4.90 Å². The summed E-state index contributed by atoms with van der Waals surface area (Å²) in [4.78, 5) is 2.61. The Bertz CT molecular complexity index is 4130. The van der Waals surface area contributed by atoms with Gasteiger partial charge in [-0.1, -0.05) is 231 Å². The molecule has 1 heteroatoms. The lowest BCUT2D eigenvalue weighted by atomic mass is 9.27. The average molecular weight is 970 g/mol. The quantitative estimate of drug-likeness (QED) is 0.147. The van der Waals surface area contributed by atoms with Crippen LogP contribution in [0.15, 0.2) is 261 Å². The molecule has 6 aliphatic rings. The van der Waals surface area contributed by atoms with Gasteiger partial charge in [-0.05, 0) is 174 Å². The number of benzene rings is 11. The molecule has 0 aliphatic heterocycles. The molecule has 2 spiro atoms. The summed E-state index contributed by atoms with van der Waals surface area (Å²) < 4.78 is 0. The van der Waals surface area contributed by atoms with Crippen LogP contribution in [0.2, 0.25) is 0 Å². The summed E-state index contributed by atoms with van der Waals surface area (Å²) in [6.07, 6.45) is 5.72. The van der Waals surface area contributed by atoms with E-state index in [2.05, 4.69) is 266 Å². The maximum atomic E-state index is 2.68. The molecule has 0 aromatic heterocycles. The van der Waals surface area contributed by atoms with Crippen LogP contribution in [0, 0.1) is 29.1 Å². The maximum Gasteiger partial charge on any atom is 0.0714 e. The first-order chi connectivity index (χ1) is 37.7. The first-order valence-electron chi connectivity index (χ1n) is 27.8. The third kappa shape index (κ3) is 5.40. The van der Waals surface area contributed by atoms with Gasteiger partial charge >= 0.3 is 0 Å². The van der Waals surface area contributed by atoms with Crippen LogP contribution >= 0.6 is 0 Å². The fraction of sp³-hybridized carbons (Fsp3) is 0.147. The van der Waals surface area contributed by atoms with Crippen LogP contribution in [0.3, 0.4) is 0 Å². The van der Waals surface area contributed by atoms with Gasteiger partial charge in [-0.2, -0.15) is 0 Å². The molecule has 11 aromatic carbocycles. The molecule has 0 amide bonds. The molecule has 4 saturated carbocycles. The fourth-order valence-corrected chi connectivity index (χ4v) is 17.7. The Hall–Kier alpha value is -8.52. The van der Waals surface area contributed by atoms with Crippen LogP contribution in [0.4, 0.5) is 17.1 Å². The molecule has 1 nitrogen and oxygen atoms in total. The van der Waals surface area contributed by atoms with Gasteiger partial charge in [0.2, 0.25) is 0 Å². The highest BCUT2D eigenvalue weighted by Crippen LogP contribution is 2.89. The topological polar surface area (TPSA) is 3.24 Å². The van der Waals surface area contributed by atoms with Crippen LogP contribution in [-0.2, 0) is 10.8 Å². The molecule has 6 aliphatic carbocycles. The second kappa shape index (κ2) is 15.8. The van der Waals surface area contributed by atoms with E-state index >= 15 is 0 Å². The van der Waals surface area contributed by atoms with Crippen molar-refractivity contribution in [1.29, 1.82) is 0 Å². The van der Waals surface area contributed by atoms with Gasteiger partial charge in [-0.25, -0.2) is 0 Å². The molecule has 2 bridgehead atoms. The third-order valence-electron chi connectivity index (χ3n) is 20.2. The van der Waals surface area contributed by atoms with Gasteiger partial charge in [0, 0.05) is 22.2 Å². The van der Waals surface area contributed by atoms with E-state index in [1.54, 1.807) is 11.1 Å². The fourth-order valence-electron chi connectivity index (χ4n) is 17.7. The number of fused-ring (bicyclic) bond motifs is 12. The molecular weight excluding hydrogens is 915 g/mol. The Morgan fingerprint density at radius 3 is 1.61 bits per heavy atom. The second-order valence-electron chi connectivity index (χ2n) is 23.1. The molecule has 0 saturated heterocycles. The molecule has 360 valence electrons. The Morgan fingerprint density at radius 1 is 0.342 bits per heavy atom. The van der Waals surface area contributed by atoms with Gasteiger partial charge in [-0.3, -0.25) is 0 Å². The minimum atomic E-state index is -0.557. The molecule has 0 N–H and O–H groups in total. The van der Waals surface area contributed by atoms with E-state index in [0.717, 1.165) is 40.7 Å². The highest BCUT2D eigenvalue weighted by atomic mass is 15.1. The average Bonchev–Trinajstić information content (AvgIpc) is 1.94. The summed E-state index contributed by atoms with van der Waals surface area (Å²) in [5, 5.41) is 2.49. The lowest BCUT2D eigenvalue weighted by molar-refractivity contribution is -0.231. The number of anilines is 3. The second-order valence-corrected chi connectivity index (χ2v) is 23.1. The van der Waals surface area contributed by atoms with Crippen LogP contribution < -0.4 is 4.90 Å². The molecule has 6 atom stereocenters. The van der Waals surface area contributed by atoms with Gasteiger partial charge in [0.15, 0.2) is 0 Å². The molecule has 0 radical (unpaired) electrons. The monoisotopic (exact) mass is 969 g/mol. The van der Waals surface area contributed by atoms with Crippen molar-refractivity contribution in [3.05, 3.63) is 294 Å². The Labute approximate surface area is 445 Å². The van der Waals surface area contributed by atoms with Gasteiger partial charge in [0.1, 0.15) is 0 Å². The minimum Gasteiger partial charge on any atom is -0.309 e. The normalized spacial score (nSPS) is 23.0. The number of rotatable bonds is 8. The zero-order chi connectivity index (χ0) is 49.7. The van der Waals surface area contributed by atoms with E-state index in [9.17, 15) is 0 Å². The van der Waals surface area contributed by atoms with Crippen molar-refractivity contribution in [1.82, 2.24) is 0 Å². The lowest BCUT2D eigenvalue weighted by Gasteiger charge is -2.76. The summed E-state index contributed by atoms with van der Waals surface area (Å²) in [5.74, 6) is 3.32. The number of nitrogens with zero attached hydrogens (tertiary/aromatic N) is 1. The molecular formula is C75H55N. The van der Waals surface area contributed by atoms with Gasteiger partial charge in [0.25, 0.3) is 0 Å². The maximum absolute atomic E-state index is 2.68.